The predicted molar refractivity (Wildman–Crippen MR) is 280 cm³/mol. The topological polar surface area (TPSA) is 40.5 Å². The van der Waals surface area contributed by atoms with Gasteiger partial charge >= 0.3 is 0 Å². The first-order valence-electron chi connectivity index (χ1n) is 31.3. The van der Waals surface area contributed by atoms with E-state index in [2.05, 4.69) is 59.8 Å². The number of aliphatic hydroxyl groups is 2. The normalized spacial score (nSPS) is 57.7. The van der Waals surface area contributed by atoms with Crippen LogP contribution in [0.5, 0.6) is 0 Å². The van der Waals surface area contributed by atoms with Crippen molar-refractivity contribution in [3.63, 3.8) is 0 Å². The van der Waals surface area contributed by atoms with Gasteiger partial charge in [-0.05, 0) is 332 Å². The van der Waals surface area contributed by atoms with Gasteiger partial charge in [-0.15, -0.1) is 0 Å². The second-order valence-electron chi connectivity index (χ2n) is 31.6. The van der Waals surface area contributed by atoms with Crippen molar-refractivity contribution in [1.29, 1.82) is 0 Å². The van der Waals surface area contributed by atoms with Gasteiger partial charge in [-0.25, -0.2) is 0 Å². The molecule has 0 aromatic rings. The Kier molecular flexibility index (Phi) is 11.8. The number of fused-ring (bicyclic) bond motifs is 10. The van der Waals surface area contributed by atoms with E-state index in [1.165, 1.54) is 109 Å². The minimum Gasteiger partial charge on any atom is -0.393 e. The summed E-state index contributed by atoms with van der Waals surface area (Å²) < 4.78 is 0. The molecule has 17 atom stereocenters. The summed E-state index contributed by atoms with van der Waals surface area (Å²) in [6.45, 7) is 16.0. The fourth-order valence-corrected chi connectivity index (χ4v) is 26.0. The molecule has 0 radical (unpaired) electrons. The summed E-state index contributed by atoms with van der Waals surface area (Å²) in [6.07, 6.45) is 52.7. The molecule has 2 N–H and O–H groups in total. The van der Waals surface area contributed by atoms with E-state index in [4.69, 9.17) is 0 Å². The molecule has 0 aromatic carbocycles. The predicted octanol–water partition coefficient (Wildman–Crippen LogP) is 17.0. The van der Waals surface area contributed by atoms with Crippen molar-refractivity contribution in [2.75, 3.05) is 0 Å². The van der Waals surface area contributed by atoms with Gasteiger partial charge in [0.25, 0.3) is 0 Å². The molecule has 15 saturated carbocycles. The van der Waals surface area contributed by atoms with E-state index < -0.39 is 0 Å². The van der Waals surface area contributed by atoms with Crippen molar-refractivity contribution in [2.45, 2.75) is 253 Å². The Morgan fingerprint density at radius 2 is 1.09 bits per heavy atom. The quantitative estimate of drug-likeness (QED) is 0.250. The monoisotopic (exact) mass is 929 g/mol. The van der Waals surface area contributed by atoms with Gasteiger partial charge in [0.2, 0.25) is 0 Å². The van der Waals surface area contributed by atoms with Crippen LogP contribution in [0.25, 0.3) is 0 Å². The van der Waals surface area contributed by atoms with E-state index in [-0.39, 0.29) is 12.2 Å². The molecule has 0 saturated heterocycles. The molecular weight excluding hydrogens is 825 g/mol. The lowest BCUT2D eigenvalue weighted by atomic mass is 9.44. The molecule has 2 heteroatoms. The molecule has 15 fully saturated rings. The van der Waals surface area contributed by atoms with E-state index in [9.17, 15) is 10.2 Å². The molecule has 16 aliphatic carbocycles. The number of aliphatic hydroxyl groups excluding tert-OH is 2. The first-order chi connectivity index (χ1) is 32.6. The van der Waals surface area contributed by atoms with Crippen molar-refractivity contribution < 1.29 is 10.2 Å². The molecule has 16 rings (SSSR count). The summed E-state index contributed by atoms with van der Waals surface area (Å²) in [4.78, 5) is 0. The van der Waals surface area contributed by atoms with Gasteiger partial charge in [0.1, 0.15) is 0 Å². The molecular formula is C66H104O2. The Labute approximate surface area is 418 Å². The zero-order valence-corrected chi connectivity index (χ0v) is 45.0. The van der Waals surface area contributed by atoms with Gasteiger partial charge in [-0.1, -0.05) is 65.3 Å². The summed E-state index contributed by atoms with van der Waals surface area (Å²) in [5, 5.41) is 20.7. The zero-order valence-electron chi connectivity index (χ0n) is 45.0. The highest BCUT2D eigenvalue weighted by molar-refractivity contribution is 5.26. The smallest absolute Gasteiger partial charge is 0.0577 e. The van der Waals surface area contributed by atoms with Crippen molar-refractivity contribution in [2.24, 2.45) is 133 Å². The summed E-state index contributed by atoms with van der Waals surface area (Å²) >= 11 is 0. The van der Waals surface area contributed by atoms with Gasteiger partial charge in [0.15, 0.2) is 0 Å². The third kappa shape index (κ3) is 7.56. The second-order valence-corrected chi connectivity index (χ2v) is 31.6. The molecule has 0 aliphatic heterocycles. The Morgan fingerprint density at radius 1 is 0.544 bits per heavy atom. The van der Waals surface area contributed by atoms with Crippen LogP contribution < -0.4 is 0 Å². The number of allylic oxidation sites excluding steroid dienone is 3. The van der Waals surface area contributed by atoms with Crippen LogP contribution in [0.3, 0.4) is 0 Å². The van der Waals surface area contributed by atoms with Gasteiger partial charge in [-0.3, -0.25) is 0 Å². The molecule has 380 valence electrons. The van der Waals surface area contributed by atoms with Crippen LogP contribution in [-0.4, -0.2) is 22.4 Å². The number of rotatable bonds is 7. The van der Waals surface area contributed by atoms with E-state index in [0.717, 1.165) is 132 Å². The third-order valence-electron chi connectivity index (χ3n) is 28.3. The summed E-state index contributed by atoms with van der Waals surface area (Å²) in [6, 6.07) is 0. The maximum absolute atomic E-state index is 10.4. The number of hydrogen-bond donors (Lipinski definition) is 2. The molecule has 16 aliphatic rings. The molecule has 2 nitrogen and oxygen atoms in total. The Bertz CT molecular complexity index is 1870. The van der Waals surface area contributed by atoms with Crippen molar-refractivity contribution in [3.8, 4) is 0 Å². The second kappa shape index (κ2) is 17.0. The molecule has 68 heavy (non-hydrogen) atoms. The van der Waals surface area contributed by atoms with Gasteiger partial charge in [0, 0.05) is 0 Å². The lowest BCUT2D eigenvalue weighted by molar-refractivity contribution is -0.129. The maximum Gasteiger partial charge on any atom is 0.0577 e. The minimum atomic E-state index is -0.0813. The Hall–Kier alpha value is -0.600. The SMILES string of the molecule is C[C@H](/C=C/C12CC3CC(CC(C3)C1)C2)[C@H]1CC[C@H]2[C@@H]3CC=C4C[C@@H](O)CC[C@]4(C)[C@H]3CC[C@]12C.C[C@H](CCC12CC3CC(CC(C3)C1)C2)[C@H]1CC[C@H]2[C@@H]3CCC4C[C@@H](O)CC[C@]4(C)[C@H]3CC[C@]12C. The van der Waals surface area contributed by atoms with Gasteiger partial charge in [0.05, 0.1) is 12.2 Å². The molecule has 0 spiro atoms. The lowest BCUT2D eigenvalue weighted by Gasteiger charge is -2.61. The minimum absolute atomic E-state index is 0.00540. The highest BCUT2D eigenvalue weighted by Crippen LogP contribution is 2.71. The van der Waals surface area contributed by atoms with Crippen LogP contribution >= 0.6 is 0 Å². The fourth-order valence-electron chi connectivity index (χ4n) is 26.0. The highest BCUT2D eigenvalue weighted by atomic mass is 16.3. The van der Waals surface area contributed by atoms with Crippen LogP contribution in [0.2, 0.25) is 0 Å². The summed E-state index contributed by atoms with van der Waals surface area (Å²) in [7, 11) is 0. The average molecular weight is 930 g/mol. The maximum atomic E-state index is 10.4. The largest absolute Gasteiger partial charge is 0.393 e. The van der Waals surface area contributed by atoms with Crippen molar-refractivity contribution in [1.82, 2.24) is 0 Å². The van der Waals surface area contributed by atoms with Crippen LogP contribution in [0.15, 0.2) is 23.8 Å². The van der Waals surface area contributed by atoms with Gasteiger partial charge < -0.3 is 10.2 Å². The third-order valence-corrected chi connectivity index (χ3v) is 28.3. The molecule has 8 bridgehead atoms. The fraction of sp³-hybridized carbons (Fsp3) is 0.939. The van der Waals surface area contributed by atoms with E-state index in [1.807, 2.05) is 0 Å². The Balaban J connectivity index is 0.000000134. The molecule has 0 heterocycles. The van der Waals surface area contributed by atoms with Gasteiger partial charge in [-0.2, -0.15) is 0 Å². The molecule has 0 aromatic heterocycles. The van der Waals surface area contributed by atoms with Crippen LogP contribution in [0.1, 0.15) is 241 Å². The van der Waals surface area contributed by atoms with E-state index in [1.54, 1.807) is 69.8 Å². The molecule has 1 unspecified atom stereocenters. The van der Waals surface area contributed by atoms with Crippen LogP contribution in [0, 0.1) is 133 Å². The molecule has 0 amide bonds. The van der Waals surface area contributed by atoms with Crippen LogP contribution in [0.4, 0.5) is 0 Å². The average Bonchev–Trinajstić information content (AvgIpc) is 3.84. The summed E-state index contributed by atoms with van der Waals surface area (Å²) in [5.41, 5.74) is 5.07. The lowest BCUT2D eigenvalue weighted by Crippen LogP contribution is -2.54. The highest BCUT2D eigenvalue weighted by Gasteiger charge is 2.62. The van der Waals surface area contributed by atoms with E-state index in [0.29, 0.717) is 27.1 Å². The zero-order chi connectivity index (χ0) is 46.6. The summed E-state index contributed by atoms with van der Waals surface area (Å²) in [5.74, 6) is 16.5. The first kappa shape index (κ1) is 47.1. The first-order valence-corrected chi connectivity index (χ1v) is 31.3. The van der Waals surface area contributed by atoms with E-state index >= 15 is 0 Å². The number of hydrogen-bond acceptors (Lipinski definition) is 2. The van der Waals surface area contributed by atoms with Crippen LogP contribution in [-0.2, 0) is 0 Å². The standard InChI is InChI=1S/C33H54O.C33H50O/c2*1-21(8-13-33-18-22-14-23(19-33)16-24(15-22)20-33)28-6-7-29-27-5-4-25-17-26(34)9-11-31(25,2)30(27)10-12-32(28,29)3/h21-30,34H,4-20H2,1-3H3;4,8,13,21-24,26-30,34H,5-7,9-12,14-20H2,1-3H3/b;13-8+/t21-,22?,23?,24?,25?,26+,27+,28-,29+,30+,31+,32-,33?;21-,22?,23?,24?,26+,27+,28-,29+,30+,31+,32-,33?/m11/s1. The van der Waals surface area contributed by atoms with Crippen molar-refractivity contribution >= 4 is 0 Å². The Morgan fingerprint density at radius 3 is 1.75 bits per heavy atom. The van der Waals surface area contributed by atoms with Crippen molar-refractivity contribution in [3.05, 3.63) is 23.8 Å².